The average molecular weight is 384 g/mol. The highest BCUT2D eigenvalue weighted by atomic mass is 32.2. The van der Waals surface area contributed by atoms with Crippen molar-refractivity contribution in [3.05, 3.63) is 59.5 Å². The topological polar surface area (TPSA) is 79.2 Å². The van der Waals surface area contributed by atoms with Crippen LogP contribution in [0.15, 0.2) is 53.4 Å². The first kappa shape index (κ1) is 17.8. The van der Waals surface area contributed by atoms with Crippen molar-refractivity contribution in [3.8, 4) is 22.6 Å². The molecule has 1 fully saturated rings. The lowest BCUT2D eigenvalue weighted by Crippen LogP contribution is -2.29. The summed E-state index contributed by atoms with van der Waals surface area (Å²) in [5.74, 6) is 0.925. The minimum absolute atomic E-state index is 0.215. The Morgan fingerprint density at radius 1 is 1.22 bits per heavy atom. The van der Waals surface area contributed by atoms with Crippen LogP contribution in [0.5, 0.6) is 11.5 Å². The van der Waals surface area contributed by atoms with E-state index in [1.165, 1.54) is 4.31 Å². The zero-order valence-electron chi connectivity index (χ0n) is 14.7. The fraction of sp³-hybridized carbons (Fsp3) is 0.250. The summed E-state index contributed by atoms with van der Waals surface area (Å²) >= 11 is 0. The third-order valence-corrected chi connectivity index (χ3v) is 6.35. The molecule has 140 valence electrons. The Labute approximate surface area is 158 Å². The standard InChI is InChI=1S/C20H20N2O4S/c1-2-27(24,25)22-8-7-18(13-22)26-20-10-15(9-16-11-21-12-19(16)20)14-3-5-17(23)6-4-14/h2-6,9-10,12,18,23H,1,7-8,11,13H2/t18-/m0/s1. The van der Waals surface area contributed by atoms with E-state index >= 15 is 0 Å². The first-order valence-electron chi connectivity index (χ1n) is 8.71. The van der Waals surface area contributed by atoms with Gasteiger partial charge in [0.2, 0.25) is 10.0 Å². The predicted molar refractivity (Wildman–Crippen MR) is 105 cm³/mol. The van der Waals surface area contributed by atoms with E-state index in [0.717, 1.165) is 27.7 Å². The summed E-state index contributed by atoms with van der Waals surface area (Å²) in [5.41, 5.74) is 3.96. The molecule has 27 heavy (non-hydrogen) atoms. The average Bonchev–Trinajstić information content (AvgIpc) is 3.32. The number of nitrogens with zero attached hydrogens (tertiary/aromatic N) is 2. The number of aromatic hydroxyl groups is 1. The summed E-state index contributed by atoms with van der Waals surface area (Å²) in [7, 11) is -3.42. The highest BCUT2D eigenvalue weighted by Gasteiger charge is 2.31. The van der Waals surface area contributed by atoms with Gasteiger partial charge in [-0.1, -0.05) is 18.7 Å². The molecule has 2 heterocycles. The van der Waals surface area contributed by atoms with Crippen molar-refractivity contribution in [2.45, 2.75) is 19.1 Å². The smallest absolute Gasteiger partial charge is 0.235 e. The first-order valence-corrected chi connectivity index (χ1v) is 10.2. The second-order valence-corrected chi connectivity index (χ2v) is 8.54. The number of ether oxygens (including phenoxy) is 1. The van der Waals surface area contributed by atoms with Crippen molar-refractivity contribution in [1.29, 1.82) is 0 Å². The molecular weight excluding hydrogens is 364 g/mol. The molecule has 4 rings (SSSR count). The van der Waals surface area contributed by atoms with Crippen molar-refractivity contribution in [3.63, 3.8) is 0 Å². The van der Waals surface area contributed by atoms with Crippen molar-refractivity contribution < 1.29 is 18.3 Å². The summed E-state index contributed by atoms with van der Waals surface area (Å²) < 4.78 is 31.5. The van der Waals surface area contributed by atoms with Gasteiger partial charge in [0.1, 0.15) is 17.6 Å². The lowest BCUT2D eigenvalue weighted by atomic mass is 9.99. The zero-order chi connectivity index (χ0) is 19.0. The molecule has 0 saturated carbocycles. The maximum Gasteiger partial charge on any atom is 0.235 e. The number of hydrogen-bond donors (Lipinski definition) is 1. The van der Waals surface area contributed by atoms with Gasteiger partial charge in [-0.15, -0.1) is 0 Å². The van der Waals surface area contributed by atoms with E-state index in [2.05, 4.69) is 17.6 Å². The van der Waals surface area contributed by atoms with Crippen LogP contribution in [-0.4, -0.2) is 43.2 Å². The van der Waals surface area contributed by atoms with Crippen molar-refractivity contribution >= 4 is 16.2 Å². The van der Waals surface area contributed by atoms with Gasteiger partial charge in [-0.05, 0) is 47.4 Å². The number of hydrogen-bond acceptors (Lipinski definition) is 5. The Morgan fingerprint density at radius 3 is 2.74 bits per heavy atom. The third kappa shape index (κ3) is 3.48. The fourth-order valence-corrected chi connectivity index (χ4v) is 4.37. The number of phenolic OH excluding ortho intramolecular Hbond substituents is 1. The Kier molecular flexibility index (Phi) is 4.49. The molecule has 2 aromatic carbocycles. The maximum atomic E-state index is 12.0. The van der Waals surface area contributed by atoms with E-state index in [1.807, 2.05) is 18.2 Å². The van der Waals surface area contributed by atoms with E-state index in [-0.39, 0.29) is 11.9 Å². The van der Waals surface area contributed by atoms with E-state index < -0.39 is 10.0 Å². The van der Waals surface area contributed by atoms with Gasteiger partial charge >= 0.3 is 0 Å². The number of aliphatic imine (C=N–C) groups is 1. The zero-order valence-corrected chi connectivity index (χ0v) is 15.5. The van der Waals surface area contributed by atoms with Crippen LogP contribution in [0.2, 0.25) is 0 Å². The van der Waals surface area contributed by atoms with Crippen LogP contribution in [0.25, 0.3) is 11.1 Å². The molecule has 0 spiro atoms. The van der Waals surface area contributed by atoms with Gasteiger partial charge in [0.15, 0.2) is 0 Å². The van der Waals surface area contributed by atoms with Gasteiger partial charge in [0.05, 0.1) is 13.1 Å². The molecule has 2 aliphatic rings. The SMILES string of the molecule is C=CS(=O)(=O)N1CC[C@H](Oc2cc(-c3ccc(O)cc3)cc3c2C=NC3)C1. The Bertz CT molecular complexity index is 1010. The highest BCUT2D eigenvalue weighted by Crippen LogP contribution is 2.34. The second kappa shape index (κ2) is 6.83. The maximum absolute atomic E-state index is 12.0. The number of fused-ring (bicyclic) bond motifs is 1. The molecule has 0 bridgehead atoms. The summed E-state index contributed by atoms with van der Waals surface area (Å²) in [6, 6.07) is 11.0. The molecule has 2 aliphatic heterocycles. The Hall–Kier alpha value is -2.64. The lowest BCUT2D eigenvalue weighted by molar-refractivity contribution is 0.215. The van der Waals surface area contributed by atoms with Crippen LogP contribution >= 0.6 is 0 Å². The molecule has 2 aromatic rings. The van der Waals surface area contributed by atoms with Crippen LogP contribution in [-0.2, 0) is 16.6 Å². The minimum Gasteiger partial charge on any atom is -0.508 e. The van der Waals surface area contributed by atoms with Crippen molar-refractivity contribution in [2.75, 3.05) is 13.1 Å². The van der Waals surface area contributed by atoms with Gasteiger partial charge in [-0.2, -0.15) is 4.31 Å². The largest absolute Gasteiger partial charge is 0.508 e. The number of benzene rings is 2. The predicted octanol–water partition coefficient (Wildman–Crippen LogP) is 2.92. The van der Waals surface area contributed by atoms with Gasteiger partial charge in [0, 0.05) is 23.7 Å². The van der Waals surface area contributed by atoms with E-state index in [9.17, 15) is 13.5 Å². The molecule has 1 atom stereocenters. The summed E-state index contributed by atoms with van der Waals surface area (Å²) in [5, 5.41) is 10.5. The first-order chi connectivity index (χ1) is 13.0. The molecule has 7 heteroatoms. The van der Waals surface area contributed by atoms with Crippen LogP contribution in [0.1, 0.15) is 17.5 Å². The fourth-order valence-electron chi connectivity index (χ4n) is 3.43. The number of sulfonamides is 1. The molecular formula is C20H20N2O4S. The lowest BCUT2D eigenvalue weighted by Gasteiger charge is -2.18. The number of rotatable bonds is 5. The van der Waals surface area contributed by atoms with E-state index in [1.54, 1.807) is 18.3 Å². The summed E-state index contributed by atoms with van der Waals surface area (Å²) in [4.78, 5) is 4.34. The normalized spacial score (nSPS) is 19.2. The van der Waals surface area contributed by atoms with Crippen LogP contribution in [0.3, 0.4) is 0 Å². The van der Waals surface area contributed by atoms with E-state index in [4.69, 9.17) is 4.74 Å². The second-order valence-electron chi connectivity index (χ2n) is 6.66. The van der Waals surface area contributed by atoms with Gasteiger partial charge < -0.3 is 9.84 Å². The van der Waals surface area contributed by atoms with Gasteiger partial charge in [-0.25, -0.2) is 8.42 Å². The highest BCUT2D eigenvalue weighted by molar-refractivity contribution is 7.92. The van der Waals surface area contributed by atoms with Gasteiger partial charge in [0.25, 0.3) is 0 Å². The monoisotopic (exact) mass is 384 g/mol. The van der Waals surface area contributed by atoms with Crippen LogP contribution < -0.4 is 4.74 Å². The van der Waals surface area contributed by atoms with Gasteiger partial charge in [-0.3, -0.25) is 4.99 Å². The molecule has 0 unspecified atom stereocenters. The molecule has 6 nitrogen and oxygen atoms in total. The molecule has 0 aromatic heterocycles. The Balaban J connectivity index is 1.62. The molecule has 0 radical (unpaired) electrons. The molecule has 1 N–H and O–H groups in total. The minimum atomic E-state index is -3.42. The van der Waals surface area contributed by atoms with E-state index in [0.29, 0.717) is 31.8 Å². The third-order valence-electron chi connectivity index (χ3n) is 4.88. The van der Waals surface area contributed by atoms with Crippen molar-refractivity contribution in [2.24, 2.45) is 4.99 Å². The van der Waals surface area contributed by atoms with Crippen LogP contribution in [0, 0.1) is 0 Å². The molecule has 0 aliphatic carbocycles. The van der Waals surface area contributed by atoms with Crippen molar-refractivity contribution in [1.82, 2.24) is 4.31 Å². The molecule has 0 amide bonds. The Morgan fingerprint density at radius 2 is 2.00 bits per heavy atom. The molecule has 1 saturated heterocycles. The summed E-state index contributed by atoms with van der Waals surface area (Å²) in [6.07, 6.45) is 2.22. The quantitative estimate of drug-likeness (QED) is 0.860. The van der Waals surface area contributed by atoms with Crippen LogP contribution in [0.4, 0.5) is 0 Å². The summed E-state index contributed by atoms with van der Waals surface area (Å²) in [6.45, 7) is 4.71. The number of phenols is 1.